The highest BCUT2D eigenvalue weighted by atomic mass is 16.5. The lowest BCUT2D eigenvalue weighted by Crippen LogP contribution is -2.25. The molecule has 2 nitrogen and oxygen atoms in total. The van der Waals surface area contributed by atoms with Crippen LogP contribution in [0.3, 0.4) is 0 Å². The highest BCUT2D eigenvalue weighted by molar-refractivity contribution is 5.30. The lowest BCUT2D eigenvalue weighted by molar-refractivity contribution is 0.339. The van der Waals surface area contributed by atoms with Gasteiger partial charge < -0.3 is 10.1 Å². The minimum Gasteiger partial charge on any atom is -0.494 e. The van der Waals surface area contributed by atoms with Crippen molar-refractivity contribution in [1.82, 2.24) is 5.32 Å². The molecule has 0 saturated heterocycles. The standard InChI is InChI=1S/C16H27NO/c1-5-10-17-12-13(3)14(4)15-8-7-9-16(11-15)18-6-2/h7-9,11,13-14,17H,5-6,10,12H2,1-4H3. The summed E-state index contributed by atoms with van der Waals surface area (Å²) >= 11 is 0. The average molecular weight is 249 g/mol. The van der Waals surface area contributed by atoms with Crippen LogP contribution in [0.2, 0.25) is 0 Å². The van der Waals surface area contributed by atoms with E-state index in [1.54, 1.807) is 0 Å². The Morgan fingerprint density at radius 1 is 1.22 bits per heavy atom. The molecule has 1 aromatic rings. The van der Waals surface area contributed by atoms with Crippen molar-refractivity contribution in [2.75, 3.05) is 19.7 Å². The van der Waals surface area contributed by atoms with Crippen molar-refractivity contribution in [3.05, 3.63) is 29.8 Å². The van der Waals surface area contributed by atoms with Crippen LogP contribution in [0, 0.1) is 5.92 Å². The van der Waals surface area contributed by atoms with Gasteiger partial charge in [-0.2, -0.15) is 0 Å². The molecule has 0 spiro atoms. The van der Waals surface area contributed by atoms with Crippen LogP contribution < -0.4 is 10.1 Å². The van der Waals surface area contributed by atoms with Gasteiger partial charge >= 0.3 is 0 Å². The van der Waals surface area contributed by atoms with Crippen LogP contribution in [0.25, 0.3) is 0 Å². The lowest BCUT2D eigenvalue weighted by Gasteiger charge is -2.21. The fourth-order valence-electron chi connectivity index (χ4n) is 2.07. The summed E-state index contributed by atoms with van der Waals surface area (Å²) in [4.78, 5) is 0. The first-order valence-electron chi connectivity index (χ1n) is 7.12. The Kier molecular flexibility index (Phi) is 6.81. The van der Waals surface area contributed by atoms with Gasteiger partial charge in [0.25, 0.3) is 0 Å². The zero-order valence-electron chi connectivity index (χ0n) is 12.2. The second kappa shape index (κ2) is 8.15. The summed E-state index contributed by atoms with van der Waals surface area (Å²) in [5.74, 6) is 2.17. The Morgan fingerprint density at radius 3 is 2.67 bits per heavy atom. The molecule has 0 radical (unpaired) electrons. The van der Waals surface area contributed by atoms with Gasteiger partial charge in [-0.3, -0.25) is 0 Å². The smallest absolute Gasteiger partial charge is 0.119 e. The third-order valence-corrected chi connectivity index (χ3v) is 3.44. The Bertz CT molecular complexity index is 338. The monoisotopic (exact) mass is 249 g/mol. The Balaban J connectivity index is 2.58. The Hall–Kier alpha value is -1.02. The molecule has 1 rings (SSSR count). The van der Waals surface area contributed by atoms with E-state index in [4.69, 9.17) is 4.74 Å². The van der Waals surface area contributed by atoms with E-state index in [-0.39, 0.29) is 0 Å². The molecule has 0 fully saturated rings. The van der Waals surface area contributed by atoms with Gasteiger partial charge in [-0.15, -0.1) is 0 Å². The van der Waals surface area contributed by atoms with E-state index in [0.717, 1.165) is 25.4 Å². The molecule has 102 valence electrons. The van der Waals surface area contributed by atoms with E-state index in [1.165, 1.54) is 12.0 Å². The number of hydrogen-bond donors (Lipinski definition) is 1. The van der Waals surface area contributed by atoms with Gasteiger partial charge in [0, 0.05) is 0 Å². The van der Waals surface area contributed by atoms with Gasteiger partial charge in [0.2, 0.25) is 0 Å². The van der Waals surface area contributed by atoms with Crippen molar-refractivity contribution in [3.8, 4) is 5.75 Å². The molecule has 0 heterocycles. The second-order valence-electron chi connectivity index (χ2n) is 4.98. The first-order valence-corrected chi connectivity index (χ1v) is 7.12. The zero-order valence-corrected chi connectivity index (χ0v) is 12.2. The van der Waals surface area contributed by atoms with E-state index in [2.05, 4.69) is 44.3 Å². The molecule has 1 aromatic carbocycles. The van der Waals surface area contributed by atoms with Gasteiger partial charge in [-0.1, -0.05) is 32.9 Å². The molecule has 1 N–H and O–H groups in total. The summed E-state index contributed by atoms with van der Waals surface area (Å²) in [6.07, 6.45) is 1.20. The van der Waals surface area contributed by atoms with Gasteiger partial charge in [0.15, 0.2) is 0 Å². The Morgan fingerprint density at radius 2 is 2.00 bits per heavy atom. The number of benzene rings is 1. The van der Waals surface area contributed by atoms with E-state index in [9.17, 15) is 0 Å². The average Bonchev–Trinajstić information content (AvgIpc) is 2.39. The third-order valence-electron chi connectivity index (χ3n) is 3.44. The molecule has 0 aliphatic rings. The van der Waals surface area contributed by atoms with Crippen molar-refractivity contribution >= 4 is 0 Å². The molecular formula is C16H27NO. The number of ether oxygens (including phenoxy) is 1. The molecule has 0 amide bonds. The zero-order chi connectivity index (χ0) is 13.4. The summed E-state index contributed by atoms with van der Waals surface area (Å²) < 4.78 is 5.56. The maximum Gasteiger partial charge on any atom is 0.119 e. The SMILES string of the molecule is CCCNCC(C)C(C)c1cccc(OCC)c1. The summed E-state index contributed by atoms with van der Waals surface area (Å²) in [6, 6.07) is 8.48. The first kappa shape index (κ1) is 15.0. The van der Waals surface area contributed by atoms with Crippen molar-refractivity contribution in [2.45, 2.75) is 40.0 Å². The largest absolute Gasteiger partial charge is 0.494 e. The van der Waals surface area contributed by atoms with Gasteiger partial charge in [0.05, 0.1) is 6.61 Å². The number of hydrogen-bond acceptors (Lipinski definition) is 2. The van der Waals surface area contributed by atoms with Crippen LogP contribution in [0.5, 0.6) is 5.75 Å². The normalized spacial score (nSPS) is 14.2. The summed E-state index contributed by atoms with van der Waals surface area (Å²) in [6.45, 7) is 11.7. The first-order chi connectivity index (χ1) is 8.69. The minimum absolute atomic E-state index is 0.551. The summed E-state index contributed by atoms with van der Waals surface area (Å²) in [5, 5.41) is 3.49. The Labute approximate surface area is 112 Å². The van der Waals surface area contributed by atoms with Gasteiger partial charge in [-0.25, -0.2) is 0 Å². The van der Waals surface area contributed by atoms with Crippen LogP contribution in [0.4, 0.5) is 0 Å². The van der Waals surface area contributed by atoms with Crippen molar-refractivity contribution in [3.63, 3.8) is 0 Å². The molecule has 2 heteroatoms. The van der Waals surface area contributed by atoms with E-state index in [0.29, 0.717) is 11.8 Å². The molecule has 0 saturated carbocycles. The van der Waals surface area contributed by atoms with E-state index >= 15 is 0 Å². The van der Waals surface area contributed by atoms with Crippen LogP contribution in [-0.2, 0) is 0 Å². The van der Waals surface area contributed by atoms with Crippen LogP contribution >= 0.6 is 0 Å². The van der Waals surface area contributed by atoms with Crippen LogP contribution in [-0.4, -0.2) is 19.7 Å². The fourth-order valence-corrected chi connectivity index (χ4v) is 2.07. The maximum atomic E-state index is 5.56. The molecular weight excluding hydrogens is 222 g/mol. The predicted octanol–water partition coefficient (Wildman–Crippen LogP) is 3.82. The molecule has 2 unspecified atom stereocenters. The van der Waals surface area contributed by atoms with Crippen molar-refractivity contribution < 1.29 is 4.74 Å². The second-order valence-corrected chi connectivity index (χ2v) is 4.98. The quantitative estimate of drug-likeness (QED) is 0.707. The number of nitrogens with one attached hydrogen (secondary N) is 1. The fraction of sp³-hybridized carbons (Fsp3) is 0.625. The minimum atomic E-state index is 0.551. The van der Waals surface area contributed by atoms with Crippen molar-refractivity contribution in [2.24, 2.45) is 5.92 Å². The van der Waals surface area contributed by atoms with Crippen LogP contribution in [0.1, 0.15) is 45.6 Å². The molecule has 0 aliphatic heterocycles. The van der Waals surface area contributed by atoms with Crippen molar-refractivity contribution in [1.29, 1.82) is 0 Å². The van der Waals surface area contributed by atoms with Crippen LogP contribution in [0.15, 0.2) is 24.3 Å². The summed E-state index contributed by atoms with van der Waals surface area (Å²) in [7, 11) is 0. The topological polar surface area (TPSA) is 21.3 Å². The maximum absolute atomic E-state index is 5.56. The third kappa shape index (κ3) is 4.69. The highest BCUT2D eigenvalue weighted by Crippen LogP contribution is 2.26. The predicted molar refractivity (Wildman–Crippen MR) is 78.4 cm³/mol. The lowest BCUT2D eigenvalue weighted by atomic mass is 9.89. The molecule has 18 heavy (non-hydrogen) atoms. The number of rotatable bonds is 8. The van der Waals surface area contributed by atoms with E-state index < -0.39 is 0 Å². The molecule has 2 atom stereocenters. The van der Waals surface area contributed by atoms with Gasteiger partial charge in [-0.05, 0) is 56.0 Å². The molecule has 0 aliphatic carbocycles. The highest BCUT2D eigenvalue weighted by Gasteiger charge is 2.14. The van der Waals surface area contributed by atoms with E-state index in [1.807, 2.05) is 13.0 Å². The summed E-state index contributed by atoms with van der Waals surface area (Å²) in [5.41, 5.74) is 1.37. The van der Waals surface area contributed by atoms with Gasteiger partial charge in [0.1, 0.15) is 5.75 Å². The molecule has 0 bridgehead atoms. The molecule has 0 aromatic heterocycles.